The van der Waals surface area contributed by atoms with Crippen molar-refractivity contribution >= 4 is 17.0 Å². The first-order valence-corrected chi connectivity index (χ1v) is 7.75. The molecule has 0 aliphatic carbocycles. The number of piperazine rings is 1. The fourth-order valence-electron chi connectivity index (χ4n) is 2.84. The molecule has 19 heavy (non-hydrogen) atoms. The minimum atomic E-state index is 1.08. The lowest BCUT2D eigenvalue weighted by atomic mass is 10.00. The molecule has 0 unspecified atom stereocenters. The van der Waals surface area contributed by atoms with Crippen LogP contribution in [0.5, 0.6) is 0 Å². The number of benzene rings is 1. The standard InChI is InChI=1S/C16H20N2S/c1-12-11-19-13(2)16(12)14-5-3-4-6-15(14)18-9-7-17-8-10-18/h3-6,11,17H,7-10H2,1-2H3. The topological polar surface area (TPSA) is 15.3 Å². The third kappa shape index (κ3) is 2.40. The average molecular weight is 272 g/mol. The molecule has 1 aromatic heterocycles. The van der Waals surface area contributed by atoms with Gasteiger partial charge < -0.3 is 10.2 Å². The summed E-state index contributed by atoms with van der Waals surface area (Å²) in [5, 5.41) is 5.68. The Morgan fingerprint density at radius 1 is 1.11 bits per heavy atom. The van der Waals surface area contributed by atoms with E-state index in [1.54, 1.807) is 0 Å². The normalized spacial score (nSPS) is 15.8. The fraction of sp³-hybridized carbons (Fsp3) is 0.375. The minimum Gasteiger partial charge on any atom is -0.368 e. The van der Waals surface area contributed by atoms with Crippen molar-refractivity contribution in [3.8, 4) is 11.1 Å². The maximum atomic E-state index is 3.42. The largest absolute Gasteiger partial charge is 0.368 e. The summed E-state index contributed by atoms with van der Waals surface area (Å²) in [7, 11) is 0. The second kappa shape index (κ2) is 5.35. The highest BCUT2D eigenvalue weighted by Crippen LogP contribution is 2.37. The van der Waals surface area contributed by atoms with Crippen LogP contribution in [0.4, 0.5) is 5.69 Å². The monoisotopic (exact) mass is 272 g/mol. The van der Waals surface area contributed by atoms with E-state index in [1.165, 1.54) is 27.3 Å². The summed E-state index contributed by atoms with van der Waals surface area (Å²) >= 11 is 1.85. The highest BCUT2D eigenvalue weighted by Gasteiger charge is 2.17. The van der Waals surface area contributed by atoms with Gasteiger partial charge in [-0.05, 0) is 30.9 Å². The van der Waals surface area contributed by atoms with Gasteiger partial charge in [0.25, 0.3) is 0 Å². The van der Waals surface area contributed by atoms with Crippen LogP contribution in [0.1, 0.15) is 10.4 Å². The molecule has 2 nitrogen and oxygen atoms in total. The average Bonchev–Trinajstić information content (AvgIpc) is 2.79. The molecule has 1 aliphatic rings. The van der Waals surface area contributed by atoms with Crippen molar-refractivity contribution < 1.29 is 0 Å². The van der Waals surface area contributed by atoms with Gasteiger partial charge >= 0.3 is 0 Å². The first-order valence-electron chi connectivity index (χ1n) is 6.87. The zero-order valence-corrected chi connectivity index (χ0v) is 12.4. The summed E-state index contributed by atoms with van der Waals surface area (Å²) in [6.07, 6.45) is 0. The Kier molecular flexibility index (Phi) is 3.58. The van der Waals surface area contributed by atoms with E-state index in [2.05, 4.69) is 53.7 Å². The van der Waals surface area contributed by atoms with E-state index in [4.69, 9.17) is 0 Å². The summed E-state index contributed by atoms with van der Waals surface area (Å²) in [6.45, 7) is 8.79. The van der Waals surface area contributed by atoms with Crippen molar-refractivity contribution in [2.45, 2.75) is 13.8 Å². The molecule has 1 N–H and O–H groups in total. The zero-order chi connectivity index (χ0) is 13.2. The van der Waals surface area contributed by atoms with Crippen LogP contribution in [0, 0.1) is 13.8 Å². The van der Waals surface area contributed by atoms with Crippen LogP contribution in [-0.4, -0.2) is 26.2 Å². The molecule has 1 fully saturated rings. The molecule has 0 radical (unpaired) electrons. The maximum Gasteiger partial charge on any atom is 0.0447 e. The van der Waals surface area contributed by atoms with Crippen LogP contribution in [0.25, 0.3) is 11.1 Å². The molecule has 100 valence electrons. The van der Waals surface area contributed by atoms with Crippen molar-refractivity contribution in [2.24, 2.45) is 0 Å². The molecule has 3 rings (SSSR count). The Balaban J connectivity index is 2.06. The van der Waals surface area contributed by atoms with E-state index in [-0.39, 0.29) is 0 Å². The van der Waals surface area contributed by atoms with Crippen LogP contribution < -0.4 is 10.2 Å². The molecule has 3 heteroatoms. The Hall–Kier alpha value is -1.32. The van der Waals surface area contributed by atoms with Gasteiger partial charge in [0, 0.05) is 47.9 Å². The molecule has 0 spiro atoms. The molecule has 1 aromatic carbocycles. The fourth-order valence-corrected chi connectivity index (χ4v) is 3.70. The van der Waals surface area contributed by atoms with Gasteiger partial charge in [0.05, 0.1) is 0 Å². The van der Waals surface area contributed by atoms with Crippen LogP contribution in [0.3, 0.4) is 0 Å². The number of rotatable bonds is 2. The number of nitrogens with zero attached hydrogens (tertiary/aromatic N) is 1. The summed E-state index contributed by atoms with van der Waals surface area (Å²) in [6, 6.07) is 8.83. The number of hydrogen-bond acceptors (Lipinski definition) is 3. The van der Waals surface area contributed by atoms with E-state index in [9.17, 15) is 0 Å². The van der Waals surface area contributed by atoms with E-state index in [0.717, 1.165) is 26.2 Å². The summed E-state index contributed by atoms with van der Waals surface area (Å²) < 4.78 is 0. The first kappa shape index (κ1) is 12.7. The molecular formula is C16H20N2S. The Labute approximate surface area is 119 Å². The van der Waals surface area contributed by atoms with Crippen LogP contribution in [0.2, 0.25) is 0 Å². The molecule has 0 saturated carbocycles. The number of nitrogens with one attached hydrogen (secondary N) is 1. The number of hydrogen-bond donors (Lipinski definition) is 1. The molecule has 2 aromatic rings. The van der Waals surface area contributed by atoms with Gasteiger partial charge in [-0.25, -0.2) is 0 Å². The Morgan fingerprint density at radius 2 is 1.84 bits per heavy atom. The third-order valence-corrected chi connectivity index (χ3v) is 4.82. The van der Waals surface area contributed by atoms with Crippen molar-refractivity contribution in [3.63, 3.8) is 0 Å². The lowest BCUT2D eigenvalue weighted by molar-refractivity contribution is 0.589. The maximum absolute atomic E-state index is 3.42. The van der Waals surface area contributed by atoms with Crippen molar-refractivity contribution in [2.75, 3.05) is 31.1 Å². The summed E-state index contributed by atoms with van der Waals surface area (Å²) in [5.41, 5.74) is 5.60. The van der Waals surface area contributed by atoms with Gasteiger partial charge in [-0.1, -0.05) is 18.2 Å². The van der Waals surface area contributed by atoms with Crippen molar-refractivity contribution in [1.29, 1.82) is 0 Å². The molecule has 2 heterocycles. The third-order valence-electron chi connectivity index (χ3n) is 3.79. The van der Waals surface area contributed by atoms with E-state index in [1.807, 2.05) is 11.3 Å². The predicted molar refractivity (Wildman–Crippen MR) is 84.3 cm³/mol. The molecule has 0 amide bonds. The van der Waals surface area contributed by atoms with Gasteiger partial charge in [-0.2, -0.15) is 0 Å². The lowest BCUT2D eigenvalue weighted by Gasteiger charge is -2.31. The predicted octanol–water partition coefficient (Wildman–Crippen LogP) is 3.44. The Morgan fingerprint density at radius 3 is 2.53 bits per heavy atom. The van der Waals surface area contributed by atoms with E-state index >= 15 is 0 Å². The smallest absolute Gasteiger partial charge is 0.0447 e. The first-order chi connectivity index (χ1) is 9.27. The van der Waals surface area contributed by atoms with Crippen LogP contribution in [-0.2, 0) is 0 Å². The summed E-state index contributed by atoms with van der Waals surface area (Å²) in [4.78, 5) is 3.92. The number of anilines is 1. The van der Waals surface area contributed by atoms with Crippen molar-refractivity contribution in [3.05, 3.63) is 40.1 Å². The quantitative estimate of drug-likeness (QED) is 0.901. The van der Waals surface area contributed by atoms with Gasteiger partial charge in [-0.3, -0.25) is 0 Å². The van der Waals surface area contributed by atoms with E-state index < -0.39 is 0 Å². The second-order valence-electron chi connectivity index (χ2n) is 5.10. The molecule has 1 saturated heterocycles. The van der Waals surface area contributed by atoms with Crippen LogP contribution in [0.15, 0.2) is 29.6 Å². The Bertz CT molecular complexity index is 548. The summed E-state index contributed by atoms with van der Waals surface area (Å²) in [5.74, 6) is 0. The van der Waals surface area contributed by atoms with Gasteiger partial charge in [-0.15, -0.1) is 11.3 Å². The number of aryl methyl sites for hydroxylation is 2. The molecular weight excluding hydrogens is 252 g/mol. The highest BCUT2D eigenvalue weighted by molar-refractivity contribution is 7.10. The zero-order valence-electron chi connectivity index (χ0n) is 11.6. The lowest BCUT2D eigenvalue weighted by Crippen LogP contribution is -2.43. The molecule has 0 bridgehead atoms. The second-order valence-corrected chi connectivity index (χ2v) is 6.19. The molecule has 0 atom stereocenters. The SMILES string of the molecule is Cc1csc(C)c1-c1ccccc1N1CCNCC1. The minimum absolute atomic E-state index is 1.08. The number of para-hydroxylation sites is 1. The van der Waals surface area contributed by atoms with Gasteiger partial charge in [0.1, 0.15) is 0 Å². The van der Waals surface area contributed by atoms with Gasteiger partial charge in [0.2, 0.25) is 0 Å². The number of thiophene rings is 1. The van der Waals surface area contributed by atoms with Crippen LogP contribution >= 0.6 is 11.3 Å². The van der Waals surface area contributed by atoms with E-state index in [0.29, 0.717) is 0 Å². The highest BCUT2D eigenvalue weighted by atomic mass is 32.1. The van der Waals surface area contributed by atoms with Gasteiger partial charge in [0.15, 0.2) is 0 Å². The van der Waals surface area contributed by atoms with Crippen molar-refractivity contribution in [1.82, 2.24) is 5.32 Å². The molecule has 1 aliphatic heterocycles.